The van der Waals surface area contributed by atoms with Crippen LogP contribution >= 0.6 is 0 Å². The Bertz CT molecular complexity index is 400. The van der Waals surface area contributed by atoms with Gasteiger partial charge in [0.1, 0.15) is 24.4 Å². The first kappa shape index (κ1) is 20.2. The quantitative estimate of drug-likeness (QED) is 0.194. The summed E-state index contributed by atoms with van der Waals surface area (Å²) in [4.78, 5) is 32.8. The van der Waals surface area contributed by atoms with Crippen molar-refractivity contribution in [2.75, 3.05) is 6.61 Å². The van der Waals surface area contributed by atoms with E-state index >= 15 is 0 Å². The number of aliphatic carboxylic acids is 2. The van der Waals surface area contributed by atoms with Gasteiger partial charge in [0, 0.05) is 6.42 Å². The number of carboxylic acid groups (broad SMARTS) is 2. The minimum Gasteiger partial charge on any atom is -0.481 e. The Labute approximate surface area is 124 Å². The normalized spacial score (nSPS) is 17.9. The fourth-order valence-electron chi connectivity index (χ4n) is 1.46. The zero-order valence-corrected chi connectivity index (χ0v) is 11.4. The molecule has 0 saturated carbocycles. The predicted molar refractivity (Wildman–Crippen MR) is 67.5 cm³/mol. The molecule has 8 N–H and O–H groups in total. The van der Waals surface area contributed by atoms with E-state index in [2.05, 4.69) is 0 Å². The number of carbonyl (C=O) groups excluding carboxylic acids is 1. The smallest absolute Gasteiger partial charge is 0.326 e. The van der Waals surface area contributed by atoms with Crippen molar-refractivity contribution in [1.29, 1.82) is 0 Å². The molecule has 0 fully saturated rings. The highest BCUT2D eigenvalue weighted by atomic mass is 16.4. The molecule has 0 heterocycles. The molecule has 0 saturated heterocycles. The van der Waals surface area contributed by atoms with Crippen LogP contribution in [0.3, 0.4) is 0 Å². The first-order chi connectivity index (χ1) is 10.1. The fourth-order valence-corrected chi connectivity index (χ4v) is 1.46. The largest absolute Gasteiger partial charge is 0.481 e. The summed E-state index contributed by atoms with van der Waals surface area (Å²) in [6, 6.07) is -1.62. The number of aliphatic hydroxyl groups excluding tert-OH is 5. The number of aliphatic hydroxyl groups is 5. The van der Waals surface area contributed by atoms with Crippen LogP contribution in [0.25, 0.3) is 0 Å². The summed E-state index contributed by atoms with van der Waals surface area (Å²) < 4.78 is 0. The molecule has 5 atom stereocenters. The molecule has 4 unspecified atom stereocenters. The second-order valence-electron chi connectivity index (χ2n) is 4.51. The Morgan fingerprint density at radius 3 is 1.91 bits per heavy atom. The van der Waals surface area contributed by atoms with Gasteiger partial charge in [-0.1, -0.05) is 0 Å². The molecular formula is C11H19NO10. The minimum atomic E-state index is -2.29. The molecule has 0 spiro atoms. The number of nitrogens with one attached hydrogen (secondary N) is 1. The van der Waals surface area contributed by atoms with Crippen LogP contribution in [-0.4, -0.2) is 90.7 Å². The molecule has 11 nitrogen and oxygen atoms in total. The number of carboxylic acids is 2. The van der Waals surface area contributed by atoms with E-state index in [1.165, 1.54) is 0 Å². The highest BCUT2D eigenvalue weighted by Crippen LogP contribution is 2.07. The monoisotopic (exact) mass is 325 g/mol. The van der Waals surface area contributed by atoms with Gasteiger partial charge < -0.3 is 41.1 Å². The lowest BCUT2D eigenvalue weighted by atomic mass is 10.0. The Hall–Kier alpha value is -1.79. The molecule has 0 radical (unpaired) electrons. The van der Waals surface area contributed by atoms with Gasteiger partial charge in [0.2, 0.25) is 0 Å². The topological polar surface area (TPSA) is 205 Å². The van der Waals surface area contributed by atoms with Crippen molar-refractivity contribution in [2.24, 2.45) is 0 Å². The van der Waals surface area contributed by atoms with Crippen molar-refractivity contribution >= 4 is 17.8 Å². The predicted octanol–water partition coefficient (Wildman–Crippen LogP) is -4.14. The third-order valence-electron chi connectivity index (χ3n) is 2.78. The standard InChI is InChI=1S/C11H19NO10/c13-3-5(14)7(17)8(18)9(19)10(20)12-4(11(21)22)1-2-6(15)16/h4-5,7-9,13-14,17-19H,1-3H2,(H,12,20)(H,15,16)(H,21,22)/t4-,5?,7?,8?,9?/m0/s1. The van der Waals surface area contributed by atoms with Crippen molar-refractivity contribution in [3.8, 4) is 0 Å². The number of hydrogen-bond acceptors (Lipinski definition) is 8. The van der Waals surface area contributed by atoms with Crippen molar-refractivity contribution in [3.63, 3.8) is 0 Å². The molecule has 0 aromatic carbocycles. The van der Waals surface area contributed by atoms with Crippen molar-refractivity contribution in [2.45, 2.75) is 43.3 Å². The molecule has 0 rings (SSSR count). The van der Waals surface area contributed by atoms with Crippen LogP contribution in [0.15, 0.2) is 0 Å². The molecule has 0 aromatic heterocycles. The Morgan fingerprint density at radius 2 is 1.50 bits per heavy atom. The average Bonchev–Trinajstić information content (AvgIpc) is 2.47. The SMILES string of the molecule is O=C(O)CC[C@H](NC(=O)C(O)C(O)C(O)C(O)CO)C(=O)O. The van der Waals surface area contributed by atoms with Gasteiger partial charge in [0.25, 0.3) is 5.91 Å². The molecule has 11 heteroatoms. The summed E-state index contributed by atoms with van der Waals surface area (Å²) in [5.41, 5.74) is 0. The maximum Gasteiger partial charge on any atom is 0.326 e. The van der Waals surface area contributed by atoms with Gasteiger partial charge in [-0.05, 0) is 6.42 Å². The lowest BCUT2D eigenvalue weighted by Gasteiger charge is -2.25. The second-order valence-corrected chi connectivity index (χ2v) is 4.51. The third-order valence-corrected chi connectivity index (χ3v) is 2.78. The summed E-state index contributed by atoms with van der Waals surface area (Å²) in [7, 11) is 0. The van der Waals surface area contributed by atoms with E-state index in [9.17, 15) is 29.7 Å². The van der Waals surface area contributed by atoms with E-state index < -0.39 is 67.8 Å². The van der Waals surface area contributed by atoms with E-state index in [1.54, 1.807) is 5.32 Å². The van der Waals surface area contributed by atoms with Crippen LogP contribution < -0.4 is 5.32 Å². The lowest BCUT2D eigenvalue weighted by molar-refractivity contribution is -0.153. The number of amides is 1. The molecular weight excluding hydrogens is 306 g/mol. The van der Waals surface area contributed by atoms with Crippen LogP contribution in [0.5, 0.6) is 0 Å². The summed E-state index contributed by atoms with van der Waals surface area (Å²) in [6.45, 7) is -0.942. The van der Waals surface area contributed by atoms with Gasteiger partial charge in [-0.2, -0.15) is 0 Å². The second kappa shape index (κ2) is 9.27. The van der Waals surface area contributed by atoms with Crippen LogP contribution in [-0.2, 0) is 14.4 Å². The summed E-state index contributed by atoms with van der Waals surface area (Å²) in [5, 5.41) is 65.0. The van der Waals surface area contributed by atoms with Gasteiger partial charge in [0.15, 0.2) is 6.10 Å². The van der Waals surface area contributed by atoms with Gasteiger partial charge in [-0.15, -0.1) is 0 Å². The molecule has 0 bridgehead atoms. The zero-order chi connectivity index (χ0) is 17.4. The van der Waals surface area contributed by atoms with Gasteiger partial charge >= 0.3 is 11.9 Å². The fraction of sp³-hybridized carbons (Fsp3) is 0.727. The van der Waals surface area contributed by atoms with E-state index in [4.69, 9.17) is 20.4 Å². The van der Waals surface area contributed by atoms with Gasteiger partial charge in [-0.25, -0.2) is 4.79 Å². The highest BCUT2D eigenvalue weighted by molar-refractivity contribution is 5.86. The number of rotatable bonds is 10. The maximum absolute atomic E-state index is 11.6. The molecule has 1 amide bonds. The van der Waals surface area contributed by atoms with Crippen LogP contribution in [0.4, 0.5) is 0 Å². The average molecular weight is 325 g/mol. The maximum atomic E-state index is 11.6. The van der Waals surface area contributed by atoms with Crippen molar-refractivity contribution in [3.05, 3.63) is 0 Å². The lowest BCUT2D eigenvalue weighted by Crippen LogP contribution is -2.54. The summed E-state index contributed by atoms with van der Waals surface area (Å²) >= 11 is 0. The highest BCUT2D eigenvalue weighted by Gasteiger charge is 2.35. The molecule has 0 aliphatic rings. The third kappa shape index (κ3) is 6.32. The van der Waals surface area contributed by atoms with Crippen molar-refractivity contribution in [1.82, 2.24) is 5.32 Å². The molecule has 0 aliphatic carbocycles. The van der Waals surface area contributed by atoms with E-state index in [-0.39, 0.29) is 0 Å². The first-order valence-electron chi connectivity index (χ1n) is 6.19. The summed E-state index contributed by atoms with van der Waals surface area (Å²) in [6.07, 6.45) is -9.35. The molecule has 22 heavy (non-hydrogen) atoms. The van der Waals surface area contributed by atoms with Crippen LogP contribution in [0.2, 0.25) is 0 Å². The number of hydrogen-bond donors (Lipinski definition) is 8. The van der Waals surface area contributed by atoms with Crippen molar-refractivity contribution < 1.29 is 50.1 Å². The van der Waals surface area contributed by atoms with Crippen LogP contribution in [0.1, 0.15) is 12.8 Å². The first-order valence-corrected chi connectivity index (χ1v) is 6.19. The minimum absolute atomic E-state index is 0.457. The van der Waals surface area contributed by atoms with E-state index in [1.807, 2.05) is 0 Å². The van der Waals surface area contributed by atoms with Gasteiger partial charge in [0.05, 0.1) is 6.61 Å². The van der Waals surface area contributed by atoms with E-state index in [0.29, 0.717) is 0 Å². The van der Waals surface area contributed by atoms with Crippen LogP contribution in [0, 0.1) is 0 Å². The molecule has 128 valence electrons. The molecule has 0 aliphatic heterocycles. The number of carbonyl (C=O) groups is 3. The summed E-state index contributed by atoms with van der Waals surface area (Å²) in [5.74, 6) is -4.22. The van der Waals surface area contributed by atoms with Gasteiger partial charge in [-0.3, -0.25) is 9.59 Å². The Morgan fingerprint density at radius 1 is 0.955 bits per heavy atom. The molecule has 0 aromatic rings. The Balaban J connectivity index is 4.71. The zero-order valence-electron chi connectivity index (χ0n) is 11.4. The Kier molecular flexibility index (Phi) is 8.52. The van der Waals surface area contributed by atoms with E-state index in [0.717, 1.165) is 0 Å².